The molecular formula is C9H18N2O3. The van der Waals surface area contributed by atoms with Crippen LogP contribution < -0.4 is 10.6 Å². The van der Waals surface area contributed by atoms with Crippen LogP contribution in [0, 0.1) is 0 Å². The number of hydrogen-bond donors (Lipinski definition) is 3. The lowest BCUT2D eigenvalue weighted by molar-refractivity contribution is -0.134. The quantitative estimate of drug-likeness (QED) is 0.539. The zero-order chi connectivity index (χ0) is 10.4. The molecule has 0 aliphatic carbocycles. The summed E-state index contributed by atoms with van der Waals surface area (Å²) in [6.45, 7) is 4.08. The Hall–Kier alpha value is -0.650. The molecule has 0 bridgehead atoms. The summed E-state index contributed by atoms with van der Waals surface area (Å²) < 4.78 is 5.25. The first-order chi connectivity index (χ1) is 6.74. The lowest BCUT2D eigenvalue weighted by Crippen LogP contribution is -2.49. The molecule has 1 heterocycles. The summed E-state index contributed by atoms with van der Waals surface area (Å²) >= 11 is 0. The number of amides is 1. The molecule has 0 aromatic heterocycles. The van der Waals surface area contributed by atoms with Crippen molar-refractivity contribution in [2.24, 2.45) is 0 Å². The van der Waals surface area contributed by atoms with Gasteiger partial charge in [0.2, 0.25) is 0 Å². The van der Waals surface area contributed by atoms with E-state index in [2.05, 4.69) is 10.6 Å². The molecule has 0 saturated carbocycles. The smallest absolute Gasteiger partial charge is 0.250 e. The van der Waals surface area contributed by atoms with E-state index in [-0.39, 0.29) is 5.91 Å². The van der Waals surface area contributed by atoms with Crippen LogP contribution in [-0.2, 0) is 9.53 Å². The van der Waals surface area contributed by atoms with Gasteiger partial charge in [-0.2, -0.15) is 0 Å². The minimum absolute atomic E-state index is 0.148. The molecule has 3 N–H and O–H groups in total. The summed E-state index contributed by atoms with van der Waals surface area (Å²) in [7, 11) is 0. The maximum atomic E-state index is 11.4. The third kappa shape index (κ3) is 3.61. The van der Waals surface area contributed by atoms with Gasteiger partial charge < -0.3 is 20.5 Å². The van der Waals surface area contributed by atoms with Crippen LogP contribution in [0.25, 0.3) is 0 Å². The average Bonchev–Trinajstić information content (AvgIpc) is 2.26. The van der Waals surface area contributed by atoms with Crippen molar-refractivity contribution in [1.29, 1.82) is 0 Å². The van der Waals surface area contributed by atoms with Crippen molar-refractivity contribution in [3.8, 4) is 0 Å². The van der Waals surface area contributed by atoms with Gasteiger partial charge >= 0.3 is 0 Å². The molecule has 1 fully saturated rings. The molecule has 1 aliphatic heterocycles. The maximum Gasteiger partial charge on any atom is 0.250 e. The number of rotatable bonds is 4. The molecule has 0 aromatic rings. The van der Waals surface area contributed by atoms with Gasteiger partial charge in [0, 0.05) is 19.6 Å². The fourth-order valence-electron chi connectivity index (χ4n) is 1.21. The lowest BCUT2D eigenvalue weighted by atomic mass is 10.2. The SMILES string of the molecule is CCC(O)CNC(=O)C1CNCCO1. The van der Waals surface area contributed by atoms with E-state index in [1.54, 1.807) is 0 Å². The molecule has 2 unspecified atom stereocenters. The molecule has 1 amide bonds. The molecule has 1 rings (SSSR count). The second-order valence-electron chi connectivity index (χ2n) is 3.37. The van der Waals surface area contributed by atoms with E-state index in [4.69, 9.17) is 4.74 Å². The van der Waals surface area contributed by atoms with Crippen molar-refractivity contribution in [3.05, 3.63) is 0 Å². The van der Waals surface area contributed by atoms with Gasteiger partial charge in [-0.25, -0.2) is 0 Å². The highest BCUT2D eigenvalue weighted by atomic mass is 16.5. The minimum atomic E-state index is -0.463. The second kappa shape index (κ2) is 5.95. The Morgan fingerprint density at radius 2 is 2.57 bits per heavy atom. The van der Waals surface area contributed by atoms with Gasteiger partial charge in [-0.1, -0.05) is 6.92 Å². The normalized spacial score (nSPS) is 24.3. The predicted molar refractivity (Wildman–Crippen MR) is 51.9 cm³/mol. The number of nitrogens with one attached hydrogen (secondary N) is 2. The van der Waals surface area contributed by atoms with Crippen molar-refractivity contribution in [1.82, 2.24) is 10.6 Å². The van der Waals surface area contributed by atoms with Crippen LogP contribution in [-0.4, -0.2) is 49.5 Å². The number of carbonyl (C=O) groups is 1. The molecule has 0 radical (unpaired) electrons. The van der Waals surface area contributed by atoms with Gasteiger partial charge in [0.15, 0.2) is 0 Å². The van der Waals surface area contributed by atoms with Gasteiger partial charge in [0.05, 0.1) is 12.7 Å². The number of aliphatic hydroxyl groups excluding tert-OH is 1. The first-order valence-corrected chi connectivity index (χ1v) is 5.02. The van der Waals surface area contributed by atoms with Gasteiger partial charge in [-0.15, -0.1) is 0 Å². The fourth-order valence-corrected chi connectivity index (χ4v) is 1.21. The van der Waals surface area contributed by atoms with Gasteiger partial charge in [-0.3, -0.25) is 4.79 Å². The van der Waals surface area contributed by atoms with E-state index in [0.29, 0.717) is 26.1 Å². The van der Waals surface area contributed by atoms with E-state index in [9.17, 15) is 9.90 Å². The number of aliphatic hydroxyl groups is 1. The molecule has 0 aromatic carbocycles. The number of morpholine rings is 1. The van der Waals surface area contributed by atoms with Crippen molar-refractivity contribution < 1.29 is 14.6 Å². The molecule has 0 spiro atoms. The molecule has 14 heavy (non-hydrogen) atoms. The largest absolute Gasteiger partial charge is 0.391 e. The highest BCUT2D eigenvalue weighted by Crippen LogP contribution is 1.96. The van der Waals surface area contributed by atoms with E-state index >= 15 is 0 Å². The third-order valence-electron chi connectivity index (χ3n) is 2.20. The Morgan fingerprint density at radius 3 is 3.14 bits per heavy atom. The van der Waals surface area contributed by atoms with Crippen LogP contribution in [0.5, 0.6) is 0 Å². The average molecular weight is 202 g/mol. The highest BCUT2D eigenvalue weighted by molar-refractivity contribution is 5.81. The standard InChI is InChI=1S/C9H18N2O3/c1-2-7(12)5-11-9(13)8-6-10-3-4-14-8/h7-8,10,12H,2-6H2,1H3,(H,11,13). The first-order valence-electron chi connectivity index (χ1n) is 5.02. The molecule has 5 heteroatoms. The summed E-state index contributed by atoms with van der Waals surface area (Å²) in [6, 6.07) is 0. The summed E-state index contributed by atoms with van der Waals surface area (Å²) in [4.78, 5) is 11.4. The Bertz CT molecular complexity index is 181. The number of ether oxygens (including phenoxy) is 1. The van der Waals surface area contributed by atoms with Crippen LogP contribution in [0.15, 0.2) is 0 Å². The van der Waals surface area contributed by atoms with Crippen molar-refractivity contribution >= 4 is 5.91 Å². The molecule has 82 valence electrons. The predicted octanol–water partition coefficient (Wildman–Crippen LogP) is -1.14. The summed E-state index contributed by atoms with van der Waals surface area (Å²) in [5.74, 6) is -0.148. The van der Waals surface area contributed by atoms with Gasteiger partial charge in [0.25, 0.3) is 5.91 Å². The summed E-state index contributed by atoms with van der Waals surface area (Å²) in [5.41, 5.74) is 0. The lowest BCUT2D eigenvalue weighted by Gasteiger charge is -2.23. The number of hydrogen-bond acceptors (Lipinski definition) is 4. The molecule has 1 aliphatic rings. The highest BCUT2D eigenvalue weighted by Gasteiger charge is 2.21. The summed E-state index contributed by atoms with van der Waals surface area (Å²) in [5, 5.41) is 15.0. The zero-order valence-corrected chi connectivity index (χ0v) is 8.45. The van der Waals surface area contributed by atoms with Gasteiger partial charge in [-0.05, 0) is 6.42 Å². The maximum absolute atomic E-state index is 11.4. The number of carbonyl (C=O) groups excluding carboxylic acids is 1. The fraction of sp³-hybridized carbons (Fsp3) is 0.889. The second-order valence-corrected chi connectivity index (χ2v) is 3.37. The van der Waals surface area contributed by atoms with Gasteiger partial charge in [0.1, 0.15) is 6.10 Å². The van der Waals surface area contributed by atoms with Crippen LogP contribution in [0.2, 0.25) is 0 Å². The monoisotopic (exact) mass is 202 g/mol. The van der Waals surface area contributed by atoms with Crippen molar-refractivity contribution in [2.75, 3.05) is 26.2 Å². The summed E-state index contributed by atoms with van der Waals surface area (Å²) in [6.07, 6.45) is -0.229. The van der Waals surface area contributed by atoms with Crippen molar-refractivity contribution in [2.45, 2.75) is 25.6 Å². The Kier molecular flexibility index (Phi) is 4.86. The first kappa shape index (κ1) is 11.4. The molecular weight excluding hydrogens is 184 g/mol. The Labute approximate surface area is 83.8 Å². The third-order valence-corrected chi connectivity index (χ3v) is 2.20. The van der Waals surface area contributed by atoms with Crippen molar-refractivity contribution in [3.63, 3.8) is 0 Å². The van der Waals surface area contributed by atoms with Crippen LogP contribution in [0.3, 0.4) is 0 Å². The Morgan fingerprint density at radius 1 is 1.79 bits per heavy atom. The molecule has 1 saturated heterocycles. The van der Waals surface area contributed by atoms with E-state index < -0.39 is 12.2 Å². The van der Waals surface area contributed by atoms with E-state index in [1.165, 1.54) is 0 Å². The van der Waals surface area contributed by atoms with Crippen LogP contribution >= 0.6 is 0 Å². The van der Waals surface area contributed by atoms with Crippen LogP contribution in [0.4, 0.5) is 0 Å². The van der Waals surface area contributed by atoms with E-state index in [1.807, 2.05) is 6.92 Å². The molecule has 2 atom stereocenters. The zero-order valence-electron chi connectivity index (χ0n) is 8.45. The van der Waals surface area contributed by atoms with Crippen LogP contribution in [0.1, 0.15) is 13.3 Å². The topological polar surface area (TPSA) is 70.6 Å². The van der Waals surface area contributed by atoms with E-state index in [0.717, 1.165) is 6.54 Å². The Balaban J connectivity index is 2.19. The molecule has 5 nitrogen and oxygen atoms in total. The minimum Gasteiger partial charge on any atom is -0.391 e.